The number of hydrogen-bond acceptors (Lipinski definition) is 3. The zero-order valence-electron chi connectivity index (χ0n) is 10.4. The Hall–Kier alpha value is -0.130. The van der Waals surface area contributed by atoms with Crippen LogP contribution in [0, 0.1) is 11.8 Å². The van der Waals surface area contributed by atoms with Crippen LogP contribution < -0.4 is 0 Å². The van der Waals surface area contributed by atoms with E-state index >= 15 is 0 Å². The van der Waals surface area contributed by atoms with Crippen molar-refractivity contribution in [2.24, 2.45) is 11.8 Å². The van der Waals surface area contributed by atoms with Gasteiger partial charge in [-0.25, -0.2) is 8.42 Å². The molecule has 0 aromatic carbocycles. The third-order valence-corrected chi connectivity index (χ3v) is 5.10. The smallest absolute Gasteiger partial charge is 0.214 e. The number of hydrogen-bond donors (Lipinski definition) is 1. The van der Waals surface area contributed by atoms with E-state index in [2.05, 4.69) is 0 Å². The molecule has 0 radical (unpaired) electrons. The summed E-state index contributed by atoms with van der Waals surface area (Å²) >= 11 is 0. The molecule has 2 unspecified atom stereocenters. The molecular weight excluding hydrogens is 226 g/mol. The average Bonchev–Trinajstić information content (AvgIpc) is 2.19. The topological polar surface area (TPSA) is 57.6 Å². The van der Waals surface area contributed by atoms with E-state index < -0.39 is 16.1 Å². The molecule has 1 fully saturated rings. The zero-order chi connectivity index (χ0) is 12.3. The fourth-order valence-corrected chi connectivity index (χ4v) is 3.58. The highest BCUT2D eigenvalue weighted by Gasteiger charge is 2.31. The van der Waals surface area contributed by atoms with Gasteiger partial charge >= 0.3 is 0 Å². The average molecular weight is 249 g/mol. The Balaban J connectivity index is 2.56. The molecule has 1 saturated heterocycles. The number of piperidine rings is 1. The first-order chi connectivity index (χ1) is 7.33. The van der Waals surface area contributed by atoms with Gasteiger partial charge in [0.25, 0.3) is 0 Å². The summed E-state index contributed by atoms with van der Waals surface area (Å²) in [6.45, 7) is 6.81. The minimum Gasteiger partial charge on any atom is -0.391 e. The Morgan fingerprint density at radius 3 is 2.56 bits per heavy atom. The lowest BCUT2D eigenvalue weighted by molar-refractivity contribution is 0.0605. The normalized spacial score (nSPS) is 28.6. The van der Waals surface area contributed by atoms with Crippen molar-refractivity contribution in [3.8, 4) is 0 Å². The first-order valence-electron chi connectivity index (χ1n) is 5.99. The molecule has 0 aromatic rings. The fraction of sp³-hybridized carbons (Fsp3) is 1.00. The van der Waals surface area contributed by atoms with Crippen molar-refractivity contribution in [3.63, 3.8) is 0 Å². The molecular formula is C11H23NO3S. The van der Waals surface area contributed by atoms with Crippen molar-refractivity contribution in [1.82, 2.24) is 4.31 Å². The number of aliphatic hydroxyl groups is 1. The van der Waals surface area contributed by atoms with Crippen LogP contribution in [0.5, 0.6) is 0 Å². The molecule has 5 heteroatoms. The summed E-state index contributed by atoms with van der Waals surface area (Å²) in [6.07, 6.45) is 0.926. The second-order valence-corrected chi connectivity index (χ2v) is 7.28. The molecule has 2 atom stereocenters. The molecule has 0 aliphatic carbocycles. The highest BCUT2D eigenvalue weighted by molar-refractivity contribution is 7.89. The molecule has 1 rings (SSSR count). The van der Waals surface area contributed by atoms with Gasteiger partial charge in [0.15, 0.2) is 0 Å². The molecule has 96 valence electrons. The van der Waals surface area contributed by atoms with Gasteiger partial charge in [-0.1, -0.05) is 20.8 Å². The maximum absolute atomic E-state index is 12.0. The standard InChI is InChI=1S/C11H23NO3S/c1-9(2)5-7-16(14,15)12-6-4-10(3)11(13)8-12/h9-11,13H,4-8H2,1-3H3. The molecule has 0 saturated carbocycles. The summed E-state index contributed by atoms with van der Waals surface area (Å²) in [5.41, 5.74) is 0. The zero-order valence-corrected chi connectivity index (χ0v) is 11.2. The van der Waals surface area contributed by atoms with Crippen molar-refractivity contribution in [3.05, 3.63) is 0 Å². The molecule has 1 heterocycles. The SMILES string of the molecule is CC(C)CCS(=O)(=O)N1CCC(C)C(O)C1. The first-order valence-corrected chi connectivity index (χ1v) is 7.59. The van der Waals surface area contributed by atoms with E-state index in [0.29, 0.717) is 18.9 Å². The quantitative estimate of drug-likeness (QED) is 0.810. The van der Waals surface area contributed by atoms with E-state index in [1.54, 1.807) is 0 Å². The molecule has 1 aliphatic rings. The van der Waals surface area contributed by atoms with Crippen LogP contribution >= 0.6 is 0 Å². The van der Waals surface area contributed by atoms with E-state index in [4.69, 9.17) is 0 Å². The summed E-state index contributed by atoms with van der Waals surface area (Å²) in [6, 6.07) is 0. The second kappa shape index (κ2) is 5.47. The lowest BCUT2D eigenvalue weighted by Gasteiger charge is -2.33. The third-order valence-electron chi connectivity index (χ3n) is 3.23. The van der Waals surface area contributed by atoms with Gasteiger partial charge in [-0.2, -0.15) is 4.31 Å². The Labute approximate surface area is 98.7 Å². The van der Waals surface area contributed by atoms with E-state index in [9.17, 15) is 13.5 Å². The van der Waals surface area contributed by atoms with Gasteiger partial charge in [0, 0.05) is 13.1 Å². The minimum absolute atomic E-state index is 0.200. The predicted octanol–water partition coefficient (Wildman–Crippen LogP) is 1.06. The predicted molar refractivity (Wildman–Crippen MR) is 64.6 cm³/mol. The summed E-state index contributed by atoms with van der Waals surface area (Å²) in [4.78, 5) is 0. The lowest BCUT2D eigenvalue weighted by atomic mass is 9.98. The highest BCUT2D eigenvalue weighted by atomic mass is 32.2. The summed E-state index contributed by atoms with van der Waals surface area (Å²) in [7, 11) is -3.16. The van der Waals surface area contributed by atoms with Gasteiger partial charge in [0.05, 0.1) is 11.9 Å². The van der Waals surface area contributed by atoms with Crippen molar-refractivity contribution in [2.45, 2.75) is 39.7 Å². The van der Waals surface area contributed by atoms with Crippen LogP contribution in [0.4, 0.5) is 0 Å². The van der Waals surface area contributed by atoms with Gasteiger partial charge in [0.1, 0.15) is 0 Å². The van der Waals surface area contributed by atoms with Gasteiger partial charge < -0.3 is 5.11 Å². The Morgan fingerprint density at radius 1 is 1.44 bits per heavy atom. The molecule has 0 bridgehead atoms. The molecule has 0 aromatic heterocycles. The number of rotatable bonds is 4. The van der Waals surface area contributed by atoms with Crippen LogP contribution in [0.1, 0.15) is 33.6 Å². The van der Waals surface area contributed by atoms with E-state index in [1.807, 2.05) is 20.8 Å². The van der Waals surface area contributed by atoms with Gasteiger partial charge in [-0.05, 0) is 24.7 Å². The molecule has 0 spiro atoms. The largest absolute Gasteiger partial charge is 0.391 e. The molecule has 1 N–H and O–H groups in total. The number of aliphatic hydroxyl groups excluding tert-OH is 1. The van der Waals surface area contributed by atoms with Crippen molar-refractivity contribution < 1.29 is 13.5 Å². The fourth-order valence-electron chi connectivity index (χ4n) is 1.79. The monoisotopic (exact) mass is 249 g/mol. The molecule has 16 heavy (non-hydrogen) atoms. The number of β-amino-alcohol motifs (C(OH)–C–C–N with tert-alkyl or cyclic N) is 1. The Bertz CT molecular complexity index is 313. The van der Waals surface area contributed by atoms with E-state index in [1.165, 1.54) is 4.31 Å². The van der Waals surface area contributed by atoms with E-state index in [-0.39, 0.29) is 18.2 Å². The number of nitrogens with zero attached hydrogens (tertiary/aromatic N) is 1. The van der Waals surface area contributed by atoms with Crippen LogP contribution in [0.15, 0.2) is 0 Å². The van der Waals surface area contributed by atoms with Crippen molar-refractivity contribution >= 4 is 10.0 Å². The van der Waals surface area contributed by atoms with Gasteiger partial charge in [0.2, 0.25) is 10.0 Å². The van der Waals surface area contributed by atoms with Crippen LogP contribution in [0.2, 0.25) is 0 Å². The second-order valence-electron chi connectivity index (χ2n) is 5.19. The molecule has 0 amide bonds. The Kier molecular flexibility index (Phi) is 4.76. The first kappa shape index (κ1) is 13.9. The van der Waals surface area contributed by atoms with Crippen LogP contribution in [-0.2, 0) is 10.0 Å². The van der Waals surface area contributed by atoms with Crippen LogP contribution in [-0.4, -0.2) is 42.8 Å². The van der Waals surface area contributed by atoms with Gasteiger partial charge in [-0.3, -0.25) is 0 Å². The number of sulfonamides is 1. The van der Waals surface area contributed by atoms with E-state index in [0.717, 1.165) is 6.42 Å². The Morgan fingerprint density at radius 2 is 2.06 bits per heavy atom. The van der Waals surface area contributed by atoms with Crippen LogP contribution in [0.3, 0.4) is 0 Å². The van der Waals surface area contributed by atoms with Crippen LogP contribution in [0.25, 0.3) is 0 Å². The minimum atomic E-state index is -3.16. The van der Waals surface area contributed by atoms with Gasteiger partial charge in [-0.15, -0.1) is 0 Å². The lowest BCUT2D eigenvalue weighted by Crippen LogP contribution is -2.46. The summed E-state index contributed by atoms with van der Waals surface area (Å²) in [5.74, 6) is 0.797. The summed E-state index contributed by atoms with van der Waals surface area (Å²) < 4.78 is 25.4. The molecule has 4 nitrogen and oxygen atoms in total. The summed E-state index contributed by atoms with van der Waals surface area (Å²) in [5, 5.41) is 9.68. The van der Waals surface area contributed by atoms with Crippen molar-refractivity contribution in [2.75, 3.05) is 18.8 Å². The molecule has 1 aliphatic heterocycles. The maximum Gasteiger partial charge on any atom is 0.214 e. The maximum atomic E-state index is 12.0. The highest BCUT2D eigenvalue weighted by Crippen LogP contribution is 2.20. The third kappa shape index (κ3) is 3.71. The van der Waals surface area contributed by atoms with Crippen molar-refractivity contribution in [1.29, 1.82) is 0 Å².